The van der Waals surface area contributed by atoms with Gasteiger partial charge in [-0.2, -0.15) is 4.68 Å². The molecular formula is C21H31N5O3. The monoisotopic (exact) mass is 401 g/mol. The fourth-order valence-electron chi connectivity index (χ4n) is 7.25. The molecule has 8 nitrogen and oxygen atoms in total. The van der Waals surface area contributed by atoms with Gasteiger partial charge in [0.1, 0.15) is 0 Å². The molecular weight excluding hydrogens is 370 g/mol. The average molecular weight is 402 g/mol. The van der Waals surface area contributed by atoms with Gasteiger partial charge in [0.25, 0.3) is 0 Å². The number of nitrogens with zero attached hydrogens (tertiary/aromatic N) is 4. The minimum absolute atomic E-state index is 0.233. The van der Waals surface area contributed by atoms with Crippen LogP contribution in [-0.2, 0) is 10.3 Å². The topological polar surface area (TPSA) is 103 Å². The Balaban J connectivity index is 1.38. The van der Waals surface area contributed by atoms with Gasteiger partial charge in [-0.1, -0.05) is 37.1 Å². The fraction of sp³-hybridized carbons (Fsp3) is 0.857. The van der Waals surface area contributed by atoms with Gasteiger partial charge in [0, 0.05) is 11.1 Å². The third-order valence-electron chi connectivity index (χ3n) is 8.08. The van der Waals surface area contributed by atoms with Crippen molar-refractivity contribution in [3.8, 4) is 0 Å². The molecule has 1 aromatic rings. The lowest BCUT2D eigenvalue weighted by molar-refractivity contribution is -0.394. The van der Waals surface area contributed by atoms with Gasteiger partial charge >= 0.3 is 5.95 Å². The van der Waals surface area contributed by atoms with Crippen LogP contribution in [0.4, 0.5) is 5.95 Å². The van der Waals surface area contributed by atoms with Gasteiger partial charge in [-0.25, -0.2) is 0 Å². The van der Waals surface area contributed by atoms with Crippen molar-refractivity contribution in [3.05, 3.63) is 16.4 Å². The van der Waals surface area contributed by atoms with Gasteiger partial charge in [-0.15, -0.1) is 0 Å². The number of rotatable bonds is 4. The highest BCUT2D eigenvalue weighted by Crippen LogP contribution is 2.64. The van der Waals surface area contributed by atoms with Crippen LogP contribution in [0.1, 0.15) is 83.5 Å². The van der Waals surface area contributed by atoms with E-state index in [1.165, 1.54) is 44.9 Å². The van der Waals surface area contributed by atoms with Crippen molar-refractivity contribution in [2.24, 2.45) is 17.3 Å². The van der Waals surface area contributed by atoms with E-state index in [2.05, 4.69) is 15.4 Å². The SMILES string of the molecule is O=C(NC1CCCCCCC1)C12CC3CC(C1)CC(n1cnc([N+](=O)[O-])n1)(C3)C2. The van der Waals surface area contributed by atoms with E-state index >= 15 is 0 Å². The minimum Gasteiger partial charge on any atom is -0.390 e. The van der Waals surface area contributed by atoms with Crippen molar-refractivity contribution in [1.29, 1.82) is 0 Å². The molecule has 29 heavy (non-hydrogen) atoms. The molecule has 0 saturated heterocycles. The summed E-state index contributed by atoms with van der Waals surface area (Å²) < 4.78 is 1.74. The van der Waals surface area contributed by atoms with Crippen LogP contribution in [0, 0.1) is 27.4 Å². The molecule has 4 bridgehead atoms. The Morgan fingerprint density at radius 3 is 2.38 bits per heavy atom. The predicted molar refractivity (Wildman–Crippen MR) is 106 cm³/mol. The van der Waals surface area contributed by atoms with Crippen molar-refractivity contribution in [1.82, 2.24) is 20.1 Å². The van der Waals surface area contributed by atoms with Crippen molar-refractivity contribution in [2.45, 2.75) is 95.1 Å². The lowest BCUT2D eigenvalue weighted by atomic mass is 9.46. The summed E-state index contributed by atoms with van der Waals surface area (Å²) in [5.41, 5.74) is -0.628. The van der Waals surface area contributed by atoms with Crippen LogP contribution in [0.15, 0.2) is 6.33 Å². The molecule has 1 N–H and O–H groups in total. The summed E-state index contributed by atoms with van der Waals surface area (Å²) in [6.07, 6.45) is 15.7. The van der Waals surface area contributed by atoms with E-state index in [9.17, 15) is 14.9 Å². The molecule has 6 rings (SSSR count). The Morgan fingerprint density at radius 2 is 1.76 bits per heavy atom. The Kier molecular flexibility index (Phi) is 4.62. The third-order valence-corrected chi connectivity index (χ3v) is 8.08. The molecule has 158 valence electrons. The number of carbonyl (C=O) groups excluding carboxylic acids is 1. The zero-order valence-electron chi connectivity index (χ0n) is 17.0. The molecule has 2 atom stereocenters. The van der Waals surface area contributed by atoms with Crippen molar-refractivity contribution in [2.75, 3.05) is 0 Å². The maximum Gasteiger partial charge on any atom is 0.490 e. The maximum atomic E-state index is 13.6. The molecule has 1 aromatic heterocycles. The normalized spacial score (nSPS) is 37.1. The molecule has 2 unspecified atom stereocenters. The summed E-state index contributed by atoms with van der Waals surface area (Å²) in [7, 11) is 0. The van der Waals surface area contributed by atoms with Crippen molar-refractivity contribution >= 4 is 11.9 Å². The van der Waals surface area contributed by atoms with E-state index in [0.29, 0.717) is 17.9 Å². The lowest BCUT2D eigenvalue weighted by Crippen LogP contribution is -2.61. The summed E-state index contributed by atoms with van der Waals surface area (Å²) in [6.45, 7) is 0. The summed E-state index contributed by atoms with van der Waals surface area (Å²) in [6, 6.07) is 0.305. The molecule has 0 aliphatic heterocycles. The molecule has 8 heteroatoms. The molecule has 1 amide bonds. The first-order valence-electron chi connectivity index (χ1n) is 11.4. The zero-order chi connectivity index (χ0) is 20.1. The number of hydrogen-bond acceptors (Lipinski definition) is 5. The highest BCUT2D eigenvalue weighted by atomic mass is 16.6. The van der Waals surface area contributed by atoms with Crippen LogP contribution in [0.5, 0.6) is 0 Å². The van der Waals surface area contributed by atoms with Crippen molar-refractivity contribution < 1.29 is 9.72 Å². The van der Waals surface area contributed by atoms with Gasteiger partial charge in [0.05, 0.1) is 11.0 Å². The lowest BCUT2D eigenvalue weighted by Gasteiger charge is -2.60. The van der Waals surface area contributed by atoms with Gasteiger partial charge in [0.15, 0.2) is 0 Å². The predicted octanol–water partition coefficient (Wildman–Crippen LogP) is 3.71. The standard InChI is InChI=1S/C21H31N5O3/c27-18(23-17-6-4-2-1-3-5-7-17)20-9-15-8-16(10-20)12-21(11-15,13-20)25-14-22-19(24-25)26(28)29/h14-17H,1-13H2,(H,23,27). The zero-order valence-corrected chi connectivity index (χ0v) is 17.0. The maximum absolute atomic E-state index is 13.6. The second-order valence-corrected chi connectivity index (χ2v) is 10.2. The van der Waals surface area contributed by atoms with E-state index in [1.807, 2.05) is 0 Å². The molecule has 5 fully saturated rings. The van der Waals surface area contributed by atoms with Gasteiger partial charge in [-0.05, 0) is 68.1 Å². The van der Waals surface area contributed by atoms with E-state index in [-0.39, 0.29) is 22.8 Å². The first-order chi connectivity index (χ1) is 14.0. The second-order valence-electron chi connectivity index (χ2n) is 10.2. The first kappa shape index (κ1) is 19.0. The second kappa shape index (κ2) is 7.06. The molecule has 5 aliphatic rings. The van der Waals surface area contributed by atoms with E-state index in [0.717, 1.165) is 44.9 Å². The molecule has 5 saturated carbocycles. The first-order valence-corrected chi connectivity index (χ1v) is 11.4. The van der Waals surface area contributed by atoms with Crippen LogP contribution >= 0.6 is 0 Å². The summed E-state index contributed by atoms with van der Waals surface area (Å²) >= 11 is 0. The van der Waals surface area contributed by atoms with Crippen LogP contribution in [0.3, 0.4) is 0 Å². The van der Waals surface area contributed by atoms with Crippen molar-refractivity contribution in [3.63, 3.8) is 0 Å². The van der Waals surface area contributed by atoms with Crippen LogP contribution in [0.2, 0.25) is 0 Å². The number of nitro groups is 1. The highest BCUT2D eigenvalue weighted by Gasteiger charge is 2.62. The Bertz CT molecular complexity index is 784. The molecule has 0 aromatic carbocycles. The Hall–Kier alpha value is -1.99. The van der Waals surface area contributed by atoms with E-state index in [1.54, 1.807) is 4.68 Å². The van der Waals surface area contributed by atoms with Gasteiger partial charge < -0.3 is 15.4 Å². The van der Waals surface area contributed by atoms with Crippen LogP contribution < -0.4 is 5.32 Å². The molecule has 0 radical (unpaired) electrons. The minimum atomic E-state index is -0.534. The molecule has 0 spiro atoms. The molecule has 1 heterocycles. The number of hydrogen-bond donors (Lipinski definition) is 1. The summed E-state index contributed by atoms with van der Waals surface area (Å²) in [5, 5.41) is 18.7. The average Bonchev–Trinajstić information content (AvgIpc) is 3.14. The highest BCUT2D eigenvalue weighted by molar-refractivity contribution is 5.83. The largest absolute Gasteiger partial charge is 0.490 e. The van der Waals surface area contributed by atoms with Gasteiger partial charge in [-0.3, -0.25) is 4.79 Å². The summed E-state index contributed by atoms with van der Waals surface area (Å²) in [4.78, 5) is 28.0. The summed E-state index contributed by atoms with van der Waals surface area (Å²) in [5.74, 6) is 0.898. The van der Waals surface area contributed by atoms with Crippen LogP contribution in [0.25, 0.3) is 0 Å². The Morgan fingerprint density at radius 1 is 1.10 bits per heavy atom. The fourth-order valence-corrected chi connectivity index (χ4v) is 7.25. The number of nitrogens with one attached hydrogen (secondary N) is 1. The quantitative estimate of drug-likeness (QED) is 0.612. The smallest absolute Gasteiger partial charge is 0.390 e. The number of amides is 1. The molecule has 5 aliphatic carbocycles. The van der Waals surface area contributed by atoms with Gasteiger partial charge in [0.2, 0.25) is 12.2 Å². The number of aromatic nitrogens is 3. The number of carbonyl (C=O) groups is 1. The van der Waals surface area contributed by atoms with Crippen LogP contribution in [-0.4, -0.2) is 31.6 Å². The van der Waals surface area contributed by atoms with E-state index in [4.69, 9.17) is 0 Å². The van der Waals surface area contributed by atoms with E-state index < -0.39 is 4.92 Å². The third kappa shape index (κ3) is 3.34. The Labute approximate surface area is 171 Å².